The third-order valence-corrected chi connectivity index (χ3v) is 5.42. The SMILES string of the molecule is CC1(C)SC(C)(C)N2C(=O)Cc3ccccc3[C@H]21. The number of rotatable bonds is 0. The first-order chi connectivity index (χ1) is 8.33. The molecule has 1 atom stereocenters. The van der Waals surface area contributed by atoms with Gasteiger partial charge in [0, 0.05) is 4.75 Å². The number of benzene rings is 1. The fourth-order valence-corrected chi connectivity index (χ4v) is 5.48. The molecule has 0 aromatic heterocycles. The molecule has 2 aliphatic heterocycles. The van der Waals surface area contributed by atoms with Crippen LogP contribution in [0.25, 0.3) is 0 Å². The van der Waals surface area contributed by atoms with E-state index in [2.05, 4.69) is 50.8 Å². The summed E-state index contributed by atoms with van der Waals surface area (Å²) in [5.41, 5.74) is 2.54. The summed E-state index contributed by atoms with van der Waals surface area (Å²) in [6.07, 6.45) is 0.548. The zero-order valence-electron chi connectivity index (χ0n) is 11.4. The fraction of sp³-hybridized carbons (Fsp3) is 0.533. The van der Waals surface area contributed by atoms with Gasteiger partial charge in [-0.05, 0) is 38.8 Å². The van der Waals surface area contributed by atoms with Crippen LogP contribution in [0.3, 0.4) is 0 Å². The maximum Gasteiger partial charge on any atom is 0.228 e. The van der Waals surface area contributed by atoms with Gasteiger partial charge in [0.25, 0.3) is 0 Å². The molecule has 0 spiro atoms. The van der Waals surface area contributed by atoms with Gasteiger partial charge in [-0.15, -0.1) is 11.8 Å². The number of hydrogen-bond acceptors (Lipinski definition) is 2. The molecule has 2 aliphatic rings. The van der Waals surface area contributed by atoms with E-state index in [1.54, 1.807) is 0 Å². The second kappa shape index (κ2) is 3.53. The average molecular weight is 261 g/mol. The highest BCUT2D eigenvalue weighted by atomic mass is 32.2. The van der Waals surface area contributed by atoms with Crippen LogP contribution in [0, 0.1) is 0 Å². The molecular formula is C15H19NOS. The first kappa shape index (κ1) is 12.1. The number of nitrogens with zero attached hydrogens (tertiary/aromatic N) is 1. The van der Waals surface area contributed by atoms with E-state index in [0.717, 1.165) is 0 Å². The van der Waals surface area contributed by atoms with Crippen LogP contribution in [0.15, 0.2) is 24.3 Å². The predicted molar refractivity (Wildman–Crippen MR) is 75.5 cm³/mol. The van der Waals surface area contributed by atoms with E-state index in [1.807, 2.05) is 17.8 Å². The smallest absolute Gasteiger partial charge is 0.228 e. The Balaban J connectivity index is 2.20. The van der Waals surface area contributed by atoms with Gasteiger partial charge in [-0.2, -0.15) is 0 Å². The Labute approximate surface area is 113 Å². The molecule has 1 aromatic rings. The van der Waals surface area contributed by atoms with Crippen LogP contribution in [-0.2, 0) is 11.2 Å². The summed E-state index contributed by atoms with van der Waals surface area (Å²) in [6, 6.07) is 8.59. The molecule has 2 heterocycles. The summed E-state index contributed by atoms with van der Waals surface area (Å²) in [6.45, 7) is 8.81. The molecule has 0 radical (unpaired) electrons. The lowest BCUT2D eigenvalue weighted by Gasteiger charge is -2.40. The van der Waals surface area contributed by atoms with Crippen molar-refractivity contribution < 1.29 is 4.79 Å². The highest BCUT2D eigenvalue weighted by Crippen LogP contribution is 2.59. The first-order valence-electron chi connectivity index (χ1n) is 6.43. The maximum atomic E-state index is 12.5. The van der Waals surface area contributed by atoms with Crippen LogP contribution in [0.4, 0.5) is 0 Å². The summed E-state index contributed by atoms with van der Waals surface area (Å²) in [7, 11) is 0. The monoisotopic (exact) mass is 261 g/mol. The minimum Gasteiger partial charge on any atom is -0.320 e. The summed E-state index contributed by atoms with van der Waals surface area (Å²) >= 11 is 1.90. The molecule has 1 amide bonds. The summed E-state index contributed by atoms with van der Waals surface area (Å²) < 4.78 is 0.0652. The summed E-state index contributed by atoms with van der Waals surface area (Å²) in [5, 5.41) is 0. The molecular weight excluding hydrogens is 242 g/mol. The van der Waals surface area contributed by atoms with Gasteiger partial charge in [0.2, 0.25) is 5.91 Å². The standard InChI is InChI=1S/C15H19NOS/c1-14(2)13-11-8-6-5-7-10(11)9-12(17)16(13)15(3,4)18-14/h5-8,13H,9H2,1-4H3/t13-/m0/s1. The van der Waals surface area contributed by atoms with Crippen molar-refractivity contribution in [3.63, 3.8) is 0 Å². The fourth-order valence-electron chi connectivity index (χ4n) is 3.54. The number of amides is 1. The van der Waals surface area contributed by atoms with Gasteiger partial charge in [-0.25, -0.2) is 0 Å². The van der Waals surface area contributed by atoms with Crippen LogP contribution < -0.4 is 0 Å². The molecule has 2 nitrogen and oxygen atoms in total. The number of hydrogen-bond donors (Lipinski definition) is 0. The van der Waals surface area contributed by atoms with Crippen molar-refractivity contribution in [2.75, 3.05) is 0 Å². The number of thioether (sulfide) groups is 1. The molecule has 1 aromatic carbocycles. The largest absolute Gasteiger partial charge is 0.320 e. The second-order valence-electron chi connectivity index (χ2n) is 6.19. The second-order valence-corrected chi connectivity index (χ2v) is 8.45. The molecule has 3 rings (SSSR count). The van der Waals surface area contributed by atoms with Crippen LogP contribution in [0.1, 0.15) is 44.9 Å². The normalized spacial score (nSPS) is 27.9. The molecule has 18 heavy (non-hydrogen) atoms. The Hall–Kier alpha value is -0.960. The third kappa shape index (κ3) is 1.53. The van der Waals surface area contributed by atoms with Gasteiger partial charge in [0.05, 0.1) is 17.3 Å². The van der Waals surface area contributed by atoms with E-state index >= 15 is 0 Å². The Kier molecular flexibility index (Phi) is 2.37. The number of carbonyl (C=O) groups is 1. The minimum atomic E-state index is -0.112. The zero-order chi connectivity index (χ0) is 13.1. The molecule has 0 bridgehead atoms. The topological polar surface area (TPSA) is 20.3 Å². The predicted octanol–water partition coefficient (Wildman–Crippen LogP) is 3.37. The molecule has 0 saturated carbocycles. The molecule has 0 aliphatic carbocycles. The van der Waals surface area contributed by atoms with Crippen molar-refractivity contribution in [2.45, 2.75) is 49.8 Å². The molecule has 1 fully saturated rings. The molecule has 3 heteroatoms. The van der Waals surface area contributed by atoms with Crippen LogP contribution in [-0.4, -0.2) is 20.4 Å². The molecule has 0 N–H and O–H groups in total. The van der Waals surface area contributed by atoms with Crippen molar-refractivity contribution >= 4 is 17.7 Å². The highest BCUT2D eigenvalue weighted by Gasteiger charge is 2.56. The van der Waals surface area contributed by atoms with E-state index in [-0.39, 0.29) is 21.6 Å². The third-order valence-electron chi connectivity index (χ3n) is 3.97. The molecule has 1 saturated heterocycles. The van der Waals surface area contributed by atoms with Crippen LogP contribution in [0.5, 0.6) is 0 Å². The number of fused-ring (bicyclic) bond motifs is 3. The van der Waals surface area contributed by atoms with Crippen molar-refractivity contribution in [3.8, 4) is 0 Å². The maximum absolute atomic E-state index is 12.5. The average Bonchev–Trinajstić information content (AvgIpc) is 2.45. The first-order valence-corrected chi connectivity index (χ1v) is 7.25. The number of carbonyl (C=O) groups excluding carboxylic acids is 1. The van der Waals surface area contributed by atoms with Crippen molar-refractivity contribution in [3.05, 3.63) is 35.4 Å². The van der Waals surface area contributed by atoms with Crippen LogP contribution in [0.2, 0.25) is 0 Å². The van der Waals surface area contributed by atoms with E-state index in [9.17, 15) is 4.79 Å². The van der Waals surface area contributed by atoms with Crippen molar-refractivity contribution in [1.82, 2.24) is 4.90 Å². The van der Waals surface area contributed by atoms with Gasteiger partial charge in [-0.3, -0.25) is 4.79 Å². The van der Waals surface area contributed by atoms with E-state index in [1.165, 1.54) is 11.1 Å². The van der Waals surface area contributed by atoms with Gasteiger partial charge in [0.1, 0.15) is 0 Å². The van der Waals surface area contributed by atoms with E-state index in [0.29, 0.717) is 6.42 Å². The quantitative estimate of drug-likeness (QED) is 0.713. The Morgan fingerprint density at radius 2 is 1.89 bits per heavy atom. The Morgan fingerprint density at radius 3 is 2.61 bits per heavy atom. The Bertz CT molecular complexity index is 521. The lowest BCUT2D eigenvalue weighted by Crippen LogP contribution is -2.48. The zero-order valence-corrected chi connectivity index (χ0v) is 12.2. The Morgan fingerprint density at radius 1 is 1.22 bits per heavy atom. The lowest BCUT2D eigenvalue weighted by atomic mass is 9.85. The summed E-state index contributed by atoms with van der Waals surface area (Å²) in [5.74, 6) is 0.266. The van der Waals surface area contributed by atoms with E-state index in [4.69, 9.17) is 0 Å². The lowest BCUT2D eigenvalue weighted by molar-refractivity contribution is -0.136. The van der Waals surface area contributed by atoms with Gasteiger partial charge >= 0.3 is 0 Å². The highest BCUT2D eigenvalue weighted by molar-refractivity contribution is 8.02. The van der Waals surface area contributed by atoms with Gasteiger partial charge < -0.3 is 4.90 Å². The minimum absolute atomic E-state index is 0.0652. The summed E-state index contributed by atoms with van der Waals surface area (Å²) in [4.78, 5) is 14.4. The van der Waals surface area contributed by atoms with Crippen molar-refractivity contribution in [1.29, 1.82) is 0 Å². The molecule has 96 valence electrons. The van der Waals surface area contributed by atoms with Gasteiger partial charge in [0.15, 0.2) is 0 Å². The van der Waals surface area contributed by atoms with Crippen LogP contribution >= 0.6 is 11.8 Å². The van der Waals surface area contributed by atoms with Crippen molar-refractivity contribution in [2.24, 2.45) is 0 Å². The molecule has 0 unspecified atom stereocenters. The van der Waals surface area contributed by atoms with Gasteiger partial charge in [-0.1, -0.05) is 24.3 Å². The van der Waals surface area contributed by atoms with E-state index < -0.39 is 0 Å².